The molecule has 16 heavy (non-hydrogen) atoms. The van der Waals surface area contributed by atoms with Crippen molar-refractivity contribution in [3.63, 3.8) is 0 Å². The van der Waals surface area contributed by atoms with Gasteiger partial charge in [-0.3, -0.25) is 4.98 Å². The van der Waals surface area contributed by atoms with Crippen molar-refractivity contribution in [3.8, 4) is 0 Å². The van der Waals surface area contributed by atoms with E-state index in [0.717, 1.165) is 0 Å². The zero-order valence-corrected chi connectivity index (χ0v) is 7.47. The van der Waals surface area contributed by atoms with Crippen LogP contribution in [0.25, 0.3) is 0 Å². The molecule has 1 atom stereocenters. The van der Waals surface area contributed by atoms with Crippen LogP contribution in [0.5, 0.6) is 0 Å². The summed E-state index contributed by atoms with van der Waals surface area (Å²) in [6.07, 6.45) is -12.3. The number of alkyl halides is 6. The van der Waals surface area contributed by atoms with Gasteiger partial charge in [-0.05, 0) is 6.07 Å². The number of aliphatic hydroxyl groups excluding tert-OH is 1. The van der Waals surface area contributed by atoms with Crippen LogP contribution in [-0.2, 0) is 6.18 Å². The Labute approximate surface area is 85.5 Å². The molecule has 8 heteroatoms. The standard InChI is InChI=1S/C8H5F6NO/c9-7(10,11)5-1-2-15-3-4(5)6(16)8(12,13)14/h1-3,6,16H/t6-/m1/s1. The average Bonchev–Trinajstić information content (AvgIpc) is 2.14. The number of halogens is 6. The fourth-order valence-corrected chi connectivity index (χ4v) is 1.06. The van der Waals surface area contributed by atoms with Crippen molar-refractivity contribution in [2.45, 2.75) is 18.5 Å². The van der Waals surface area contributed by atoms with E-state index in [0.29, 0.717) is 18.5 Å². The summed E-state index contributed by atoms with van der Waals surface area (Å²) < 4.78 is 73.0. The third-order valence-corrected chi connectivity index (χ3v) is 1.76. The highest BCUT2D eigenvalue weighted by Gasteiger charge is 2.44. The lowest BCUT2D eigenvalue weighted by Gasteiger charge is -2.18. The zero-order valence-electron chi connectivity index (χ0n) is 7.47. The van der Waals surface area contributed by atoms with E-state index in [1.165, 1.54) is 0 Å². The molecule has 0 aliphatic carbocycles. The molecule has 1 rings (SSSR count). The van der Waals surface area contributed by atoms with Gasteiger partial charge in [0.25, 0.3) is 0 Å². The van der Waals surface area contributed by atoms with Gasteiger partial charge >= 0.3 is 12.4 Å². The van der Waals surface area contributed by atoms with Gasteiger partial charge in [-0.2, -0.15) is 26.3 Å². The molecule has 90 valence electrons. The fraction of sp³-hybridized carbons (Fsp3) is 0.375. The summed E-state index contributed by atoms with van der Waals surface area (Å²) in [7, 11) is 0. The van der Waals surface area contributed by atoms with Crippen LogP contribution in [-0.4, -0.2) is 16.3 Å². The molecule has 0 saturated carbocycles. The van der Waals surface area contributed by atoms with E-state index in [9.17, 15) is 26.3 Å². The molecule has 0 radical (unpaired) electrons. The van der Waals surface area contributed by atoms with Crippen molar-refractivity contribution in [3.05, 3.63) is 29.6 Å². The van der Waals surface area contributed by atoms with Crippen LogP contribution in [0.2, 0.25) is 0 Å². The number of nitrogens with zero attached hydrogens (tertiary/aromatic N) is 1. The van der Waals surface area contributed by atoms with Gasteiger partial charge in [0.2, 0.25) is 0 Å². The molecule has 2 nitrogen and oxygen atoms in total. The molecular weight excluding hydrogens is 240 g/mol. The van der Waals surface area contributed by atoms with Crippen LogP contribution in [0, 0.1) is 0 Å². The molecule has 0 unspecified atom stereocenters. The minimum absolute atomic E-state index is 0.348. The number of pyridine rings is 1. The molecule has 0 spiro atoms. The van der Waals surface area contributed by atoms with Gasteiger partial charge < -0.3 is 5.11 Å². The number of aromatic nitrogens is 1. The van der Waals surface area contributed by atoms with E-state index < -0.39 is 29.6 Å². The van der Waals surface area contributed by atoms with E-state index in [1.54, 1.807) is 0 Å². The van der Waals surface area contributed by atoms with Crippen LogP contribution in [0.4, 0.5) is 26.3 Å². The monoisotopic (exact) mass is 245 g/mol. The smallest absolute Gasteiger partial charge is 0.379 e. The minimum Gasteiger partial charge on any atom is -0.379 e. The number of rotatable bonds is 1. The van der Waals surface area contributed by atoms with Crippen molar-refractivity contribution in [1.82, 2.24) is 4.98 Å². The highest BCUT2D eigenvalue weighted by atomic mass is 19.4. The van der Waals surface area contributed by atoms with Gasteiger partial charge in [0.15, 0.2) is 6.10 Å². The molecule has 0 amide bonds. The van der Waals surface area contributed by atoms with Crippen LogP contribution in [0.3, 0.4) is 0 Å². The van der Waals surface area contributed by atoms with Gasteiger partial charge in [-0.1, -0.05) is 0 Å². The van der Waals surface area contributed by atoms with Crippen molar-refractivity contribution >= 4 is 0 Å². The second-order valence-electron chi connectivity index (χ2n) is 2.90. The van der Waals surface area contributed by atoms with Crippen molar-refractivity contribution in [2.24, 2.45) is 0 Å². The predicted octanol–water partition coefficient (Wildman–Crippen LogP) is 2.70. The molecule has 0 aliphatic heterocycles. The molecule has 0 aromatic carbocycles. The molecule has 1 aromatic heterocycles. The first kappa shape index (κ1) is 12.8. The lowest BCUT2D eigenvalue weighted by atomic mass is 10.0. The van der Waals surface area contributed by atoms with Crippen LogP contribution >= 0.6 is 0 Å². The maximum Gasteiger partial charge on any atom is 0.418 e. The van der Waals surface area contributed by atoms with Crippen LogP contribution in [0.15, 0.2) is 18.5 Å². The number of hydrogen-bond acceptors (Lipinski definition) is 2. The zero-order chi connectivity index (χ0) is 12.6. The lowest BCUT2D eigenvalue weighted by molar-refractivity contribution is -0.209. The van der Waals surface area contributed by atoms with E-state index in [1.807, 2.05) is 0 Å². The summed E-state index contributed by atoms with van der Waals surface area (Å²) >= 11 is 0. The lowest BCUT2D eigenvalue weighted by Crippen LogP contribution is -2.23. The van der Waals surface area contributed by atoms with E-state index in [-0.39, 0.29) is 0 Å². The van der Waals surface area contributed by atoms with Crippen LogP contribution in [0.1, 0.15) is 17.2 Å². The van der Waals surface area contributed by atoms with Gasteiger partial charge in [0.1, 0.15) is 0 Å². The number of aliphatic hydroxyl groups is 1. The molecule has 0 fully saturated rings. The Morgan fingerprint density at radius 1 is 1.12 bits per heavy atom. The van der Waals surface area contributed by atoms with E-state index in [4.69, 9.17) is 5.11 Å². The minimum atomic E-state index is -5.16. The fourth-order valence-electron chi connectivity index (χ4n) is 1.06. The summed E-state index contributed by atoms with van der Waals surface area (Å²) in [4.78, 5) is 3.13. The SMILES string of the molecule is O[C@H](c1cnccc1C(F)(F)F)C(F)(F)F. The molecular formula is C8H5F6NO. The highest BCUT2D eigenvalue weighted by Crippen LogP contribution is 2.39. The third kappa shape index (κ3) is 2.63. The summed E-state index contributed by atoms with van der Waals surface area (Å²) in [5.74, 6) is 0. The Hall–Kier alpha value is -1.31. The molecule has 0 saturated heterocycles. The first-order valence-corrected chi connectivity index (χ1v) is 3.90. The Bertz CT molecular complexity index is 372. The van der Waals surface area contributed by atoms with Crippen molar-refractivity contribution in [2.75, 3.05) is 0 Å². The molecule has 0 bridgehead atoms. The first-order valence-electron chi connectivity index (χ1n) is 3.90. The predicted molar refractivity (Wildman–Crippen MR) is 40.3 cm³/mol. The molecule has 0 aliphatic rings. The number of hydrogen-bond donors (Lipinski definition) is 1. The second-order valence-corrected chi connectivity index (χ2v) is 2.90. The quantitative estimate of drug-likeness (QED) is 0.771. The van der Waals surface area contributed by atoms with Crippen molar-refractivity contribution in [1.29, 1.82) is 0 Å². The normalized spacial score (nSPS) is 14.9. The van der Waals surface area contributed by atoms with E-state index >= 15 is 0 Å². The molecule has 1 N–H and O–H groups in total. The maximum absolute atomic E-state index is 12.3. The molecule has 1 aromatic rings. The summed E-state index contributed by atoms with van der Waals surface area (Å²) in [5.41, 5.74) is -2.85. The molecule has 1 heterocycles. The maximum atomic E-state index is 12.3. The average molecular weight is 245 g/mol. The topological polar surface area (TPSA) is 33.1 Å². The third-order valence-electron chi connectivity index (χ3n) is 1.76. The van der Waals surface area contributed by atoms with Gasteiger partial charge in [-0.15, -0.1) is 0 Å². The van der Waals surface area contributed by atoms with Gasteiger partial charge in [0.05, 0.1) is 5.56 Å². The van der Waals surface area contributed by atoms with Gasteiger partial charge in [-0.25, -0.2) is 0 Å². The Balaban J connectivity index is 3.25. The Kier molecular flexibility index (Phi) is 3.13. The van der Waals surface area contributed by atoms with Crippen LogP contribution < -0.4 is 0 Å². The first-order chi connectivity index (χ1) is 7.14. The van der Waals surface area contributed by atoms with Gasteiger partial charge in [0, 0.05) is 18.0 Å². The second kappa shape index (κ2) is 3.93. The van der Waals surface area contributed by atoms with E-state index in [2.05, 4.69) is 4.98 Å². The summed E-state index contributed by atoms with van der Waals surface area (Å²) in [5, 5.41) is 8.74. The Morgan fingerprint density at radius 2 is 1.69 bits per heavy atom. The summed E-state index contributed by atoms with van der Waals surface area (Å²) in [6, 6.07) is 0.379. The van der Waals surface area contributed by atoms with Crippen molar-refractivity contribution < 1.29 is 31.4 Å². The highest BCUT2D eigenvalue weighted by molar-refractivity contribution is 5.29. The largest absolute Gasteiger partial charge is 0.418 e. The Morgan fingerprint density at radius 3 is 2.12 bits per heavy atom. The summed E-state index contributed by atoms with van der Waals surface area (Å²) in [6.45, 7) is 0.